The van der Waals surface area contributed by atoms with Gasteiger partial charge in [0.25, 0.3) is 5.91 Å². The van der Waals surface area contributed by atoms with E-state index < -0.39 is 17.6 Å². The van der Waals surface area contributed by atoms with Crippen LogP contribution >= 0.6 is 22.9 Å². The summed E-state index contributed by atoms with van der Waals surface area (Å²) in [6.07, 6.45) is -0.0755. The number of thiazole rings is 1. The van der Waals surface area contributed by atoms with Crippen LogP contribution in [0.15, 0.2) is 53.9 Å². The molecule has 0 aliphatic rings. The number of rotatable bonds is 8. The van der Waals surface area contributed by atoms with Gasteiger partial charge in [-0.2, -0.15) is 0 Å². The Kier molecular flexibility index (Phi) is 8.13. The maximum Gasteiger partial charge on any atom is 0.254 e. The first-order valence-electron chi connectivity index (χ1n) is 10.1. The highest BCUT2D eigenvalue weighted by Gasteiger charge is 2.22. The molecule has 0 saturated heterocycles. The first-order valence-corrected chi connectivity index (χ1v) is 11.3. The molecule has 3 amide bonds. The zero-order chi connectivity index (χ0) is 24.0. The van der Waals surface area contributed by atoms with Crippen LogP contribution < -0.4 is 10.6 Å². The summed E-state index contributed by atoms with van der Waals surface area (Å²) in [6.45, 7) is 3.47. The number of carbonyl (C=O) groups excluding carboxylic acids is 3. The Morgan fingerprint density at radius 1 is 1.06 bits per heavy atom. The van der Waals surface area contributed by atoms with Crippen molar-refractivity contribution in [3.63, 3.8) is 0 Å². The molecule has 0 aliphatic heterocycles. The van der Waals surface area contributed by atoms with E-state index in [1.165, 1.54) is 23.1 Å². The smallest absolute Gasteiger partial charge is 0.254 e. The Labute approximate surface area is 199 Å². The summed E-state index contributed by atoms with van der Waals surface area (Å²) in [4.78, 5) is 43.2. The summed E-state index contributed by atoms with van der Waals surface area (Å²) in [6, 6.07) is 12.1. The van der Waals surface area contributed by atoms with Crippen LogP contribution in [-0.2, 0) is 16.0 Å². The minimum absolute atomic E-state index is 0.0755. The minimum Gasteiger partial charge on any atom is -0.327 e. The molecular formula is C23H22ClFN4O3S. The molecule has 0 fully saturated rings. The maximum atomic E-state index is 13.7. The lowest BCUT2D eigenvalue weighted by molar-refractivity contribution is -0.117. The van der Waals surface area contributed by atoms with Crippen molar-refractivity contribution in [2.24, 2.45) is 0 Å². The fourth-order valence-corrected chi connectivity index (χ4v) is 3.78. The van der Waals surface area contributed by atoms with Gasteiger partial charge in [-0.25, -0.2) is 9.37 Å². The summed E-state index contributed by atoms with van der Waals surface area (Å²) in [5.74, 6) is -1.66. The molecule has 10 heteroatoms. The molecule has 0 spiro atoms. The van der Waals surface area contributed by atoms with E-state index in [9.17, 15) is 18.8 Å². The lowest BCUT2D eigenvalue weighted by Crippen LogP contribution is -2.42. The van der Waals surface area contributed by atoms with E-state index in [1.54, 1.807) is 35.7 Å². The van der Waals surface area contributed by atoms with E-state index in [2.05, 4.69) is 15.6 Å². The molecule has 1 heterocycles. The Hall–Kier alpha value is -3.30. The molecule has 0 unspecified atom stereocenters. The molecule has 0 atom stereocenters. The van der Waals surface area contributed by atoms with E-state index in [1.807, 2.05) is 13.8 Å². The number of nitrogens with zero attached hydrogens (tertiary/aromatic N) is 2. The van der Waals surface area contributed by atoms with Crippen LogP contribution in [0, 0.1) is 5.82 Å². The fourth-order valence-electron chi connectivity index (χ4n) is 2.93. The van der Waals surface area contributed by atoms with E-state index >= 15 is 0 Å². The maximum absolute atomic E-state index is 13.7. The molecule has 172 valence electrons. The highest BCUT2D eigenvalue weighted by Crippen LogP contribution is 2.18. The van der Waals surface area contributed by atoms with Gasteiger partial charge in [0.15, 0.2) is 5.13 Å². The van der Waals surface area contributed by atoms with Gasteiger partial charge in [-0.3, -0.25) is 14.4 Å². The summed E-state index contributed by atoms with van der Waals surface area (Å²) in [7, 11) is 0. The number of para-hydroxylation sites is 1. The van der Waals surface area contributed by atoms with Crippen LogP contribution in [0.25, 0.3) is 0 Å². The number of halogens is 2. The normalized spacial score (nSPS) is 10.7. The van der Waals surface area contributed by atoms with Crippen molar-refractivity contribution in [2.75, 3.05) is 17.2 Å². The number of hydrogen-bond donors (Lipinski definition) is 2. The summed E-state index contributed by atoms with van der Waals surface area (Å²) in [5.41, 5.74) is 0.950. The summed E-state index contributed by atoms with van der Waals surface area (Å²) >= 11 is 7.03. The van der Waals surface area contributed by atoms with Crippen LogP contribution in [0.4, 0.5) is 15.2 Å². The van der Waals surface area contributed by atoms with Crippen LogP contribution in [0.2, 0.25) is 5.02 Å². The van der Waals surface area contributed by atoms with E-state index in [0.29, 0.717) is 21.4 Å². The Bertz CT molecular complexity index is 1150. The second-order valence-corrected chi connectivity index (χ2v) is 8.73. The van der Waals surface area contributed by atoms with Crippen molar-refractivity contribution in [3.05, 3.63) is 76.0 Å². The van der Waals surface area contributed by atoms with E-state index in [4.69, 9.17) is 11.6 Å². The molecule has 7 nitrogen and oxygen atoms in total. The highest BCUT2D eigenvalue weighted by atomic mass is 35.5. The van der Waals surface area contributed by atoms with Crippen LogP contribution in [0.1, 0.15) is 29.9 Å². The first-order chi connectivity index (χ1) is 15.7. The monoisotopic (exact) mass is 488 g/mol. The van der Waals surface area contributed by atoms with Crippen molar-refractivity contribution in [2.45, 2.75) is 26.3 Å². The molecular weight excluding hydrogens is 467 g/mol. The largest absolute Gasteiger partial charge is 0.327 e. The lowest BCUT2D eigenvalue weighted by atomic mass is 10.1. The molecule has 1 aromatic heterocycles. The zero-order valence-corrected chi connectivity index (χ0v) is 19.5. The van der Waals surface area contributed by atoms with Crippen LogP contribution in [0.5, 0.6) is 0 Å². The molecule has 3 aromatic rings. The molecule has 0 bridgehead atoms. The second-order valence-electron chi connectivity index (χ2n) is 7.43. The Morgan fingerprint density at radius 3 is 2.42 bits per heavy atom. The third kappa shape index (κ3) is 6.84. The number of nitrogens with one attached hydrogen (secondary N) is 2. The first kappa shape index (κ1) is 24.3. The second kappa shape index (κ2) is 11.0. The quantitative estimate of drug-likeness (QED) is 0.484. The standard InChI is InChI=1S/C23H22ClFN4O3S/c1-14(2)29(22(32)15-7-9-16(24)10-8-15)12-21(31)28-23-26-17(13-33-23)11-20(30)27-19-6-4-3-5-18(19)25/h3-10,13-14H,11-12H2,1-2H3,(H,27,30)(H,26,28,31). The van der Waals surface area contributed by atoms with Gasteiger partial charge in [-0.05, 0) is 50.2 Å². The summed E-state index contributed by atoms with van der Waals surface area (Å²) in [5, 5.41) is 7.60. The van der Waals surface area contributed by atoms with Crippen molar-refractivity contribution in [1.82, 2.24) is 9.88 Å². The van der Waals surface area contributed by atoms with Gasteiger partial charge >= 0.3 is 0 Å². The van der Waals surface area contributed by atoms with E-state index in [0.717, 1.165) is 11.3 Å². The van der Waals surface area contributed by atoms with Gasteiger partial charge in [0, 0.05) is 22.0 Å². The predicted octanol–water partition coefficient (Wildman–Crippen LogP) is 4.61. The number of aromatic nitrogens is 1. The SMILES string of the molecule is CC(C)N(CC(=O)Nc1nc(CC(=O)Nc2ccccc2F)cs1)C(=O)c1ccc(Cl)cc1. The number of benzene rings is 2. The van der Waals surface area contributed by atoms with Crippen molar-refractivity contribution in [3.8, 4) is 0 Å². The lowest BCUT2D eigenvalue weighted by Gasteiger charge is -2.26. The third-order valence-electron chi connectivity index (χ3n) is 4.58. The summed E-state index contributed by atoms with van der Waals surface area (Å²) < 4.78 is 13.7. The van der Waals surface area contributed by atoms with Crippen molar-refractivity contribution < 1.29 is 18.8 Å². The van der Waals surface area contributed by atoms with E-state index in [-0.39, 0.29) is 30.6 Å². The van der Waals surface area contributed by atoms with Crippen molar-refractivity contribution >= 4 is 51.5 Å². The molecule has 33 heavy (non-hydrogen) atoms. The highest BCUT2D eigenvalue weighted by molar-refractivity contribution is 7.13. The Morgan fingerprint density at radius 2 is 1.76 bits per heavy atom. The number of hydrogen-bond acceptors (Lipinski definition) is 5. The Balaban J connectivity index is 1.57. The molecule has 2 aromatic carbocycles. The molecule has 2 N–H and O–H groups in total. The fraction of sp³-hybridized carbons (Fsp3) is 0.217. The average molecular weight is 489 g/mol. The predicted molar refractivity (Wildman–Crippen MR) is 127 cm³/mol. The minimum atomic E-state index is -0.528. The average Bonchev–Trinajstić information content (AvgIpc) is 3.20. The molecule has 0 saturated carbocycles. The number of anilines is 2. The van der Waals surface area contributed by atoms with Gasteiger partial charge in [0.2, 0.25) is 11.8 Å². The zero-order valence-electron chi connectivity index (χ0n) is 18.0. The molecule has 0 aliphatic carbocycles. The molecule has 3 rings (SSSR count). The number of amides is 3. The van der Waals surface area contributed by atoms with Crippen LogP contribution in [-0.4, -0.2) is 40.2 Å². The van der Waals surface area contributed by atoms with Crippen molar-refractivity contribution in [1.29, 1.82) is 0 Å². The molecule has 0 radical (unpaired) electrons. The van der Waals surface area contributed by atoms with Gasteiger partial charge in [0.05, 0.1) is 17.8 Å². The van der Waals surface area contributed by atoms with Crippen LogP contribution in [0.3, 0.4) is 0 Å². The third-order valence-corrected chi connectivity index (χ3v) is 5.64. The van der Waals surface area contributed by atoms with Gasteiger partial charge in [0.1, 0.15) is 12.4 Å². The van der Waals surface area contributed by atoms with Gasteiger partial charge in [-0.1, -0.05) is 23.7 Å². The van der Waals surface area contributed by atoms with Gasteiger partial charge < -0.3 is 15.5 Å². The van der Waals surface area contributed by atoms with Gasteiger partial charge in [-0.15, -0.1) is 11.3 Å². The number of carbonyl (C=O) groups is 3. The topological polar surface area (TPSA) is 91.4 Å².